The average Bonchev–Trinajstić information content (AvgIpc) is 2.98. The van der Waals surface area contributed by atoms with Crippen molar-refractivity contribution in [1.29, 1.82) is 0 Å². The van der Waals surface area contributed by atoms with Gasteiger partial charge < -0.3 is 15.3 Å². The number of benzene rings is 1. The molecule has 3 rings (SSSR count). The van der Waals surface area contributed by atoms with Crippen LogP contribution in [0.25, 0.3) is 0 Å². The Hall–Kier alpha value is -1.88. The maximum Gasteiger partial charge on any atom is 0.322 e. The molecule has 130 valence electrons. The number of carbonyl (C=O) groups excluding carboxylic acids is 2. The number of Topliss-reactive ketones (excluding diaryl/α,β-unsaturated/α-hetero) is 1. The van der Waals surface area contributed by atoms with Gasteiger partial charge in [0.2, 0.25) is 0 Å². The van der Waals surface area contributed by atoms with Crippen molar-refractivity contribution in [1.82, 2.24) is 4.90 Å². The van der Waals surface area contributed by atoms with Gasteiger partial charge in [-0.2, -0.15) is 0 Å². The number of hydrogen-bond acceptors (Lipinski definition) is 3. The third kappa shape index (κ3) is 3.78. The number of ketones is 1. The van der Waals surface area contributed by atoms with Crippen LogP contribution in [0.1, 0.15) is 55.8 Å². The van der Waals surface area contributed by atoms with Gasteiger partial charge in [-0.1, -0.05) is 31.4 Å². The van der Waals surface area contributed by atoms with E-state index < -0.39 is 6.10 Å². The summed E-state index contributed by atoms with van der Waals surface area (Å²) >= 11 is 0. The summed E-state index contributed by atoms with van der Waals surface area (Å²) in [6, 6.07) is 6.93. The molecule has 1 aromatic carbocycles. The fourth-order valence-electron chi connectivity index (χ4n) is 4.05. The molecule has 1 heterocycles. The number of carbonyl (C=O) groups is 2. The van der Waals surface area contributed by atoms with Crippen LogP contribution in [-0.2, 0) is 0 Å². The summed E-state index contributed by atoms with van der Waals surface area (Å²) in [5.41, 5.74) is 1.20. The lowest BCUT2D eigenvalue weighted by molar-refractivity contribution is 0.101. The fraction of sp³-hybridized carbons (Fsp3) is 0.579. The monoisotopic (exact) mass is 330 g/mol. The maximum absolute atomic E-state index is 12.7. The van der Waals surface area contributed by atoms with E-state index in [4.69, 9.17) is 0 Å². The Kier molecular flexibility index (Phi) is 5.19. The van der Waals surface area contributed by atoms with E-state index >= 15 is 0 Å². The highest BCUT2D eigenvalue weighted by Crippen LogP contribution is 2.34. The molecule has 1 saturated carbocycles. The molecule has 0 aromatic heterocycles. The number of nitrogens with zero attached hydrogens (tertiary/aromatic N) is 1. The summed E-state index contributed by atoms with van der Waals surface area (Å²) in [7, 11) is 0. The van der Waals surface area contributed by atoms with Crippen LogP contribution in [0.5, 0.6) is 0 Å². The first kappa shape index (κ1) is 17.0. The van der Waals surface area contributed by atoms with E-state index in [-0.39, 0.29) is 17.9 Å². The Morgan fingerprint density at radius 2 is 1.96 bits per heavy atom. The summed E-state index contributed by atoms with van der Waals surface area (Å²) in [5, 5.41) is 13.0. The molecule has 1 saturated heterocycles. The molecule has 0 bridgehead atoms. The van der Waals surface area contributed by atoms with Gasteiger partial charge in [-0.05, 0) is 44.2 Å². The quantitative estimate of drug-likeness (QED) is 0.834. The summed E-state index contributed by atoms with van der Waals surface area (Å²) in [5.74, 6) is 0.466. The lowest BCUT2D eigenvalue weighted by atomic mass is 9.83. The van der Waals surface area contributed by atoms with Crippen molar-refractivity contribution in [2.24, 2.45) is 5.92 Å². The van der Waals surface area contributed by atoms with Gasteiger partial charge in [-0.3, -0.25) is 4.79 Å². The molecule has 1 aromatic rings. The van der Waals surface area contributed by atoms with Crippen molar-refractivity contribution in [2.45, 2.75) is 57.6 Å². The number of aliphatic hydroxyl groups is 1. The van der Waals surface area contributed by atoms with E-state index in [2.05, 4.69) is 5.32 Å². The number of rotatable bonds is 3. The van der Waals surface area contributed by atoms with Crippen LogP contribution < -0.4 is 5.32 Å². The SMILES string of the molecule is CC(=O)c1cccc(NC(=O)N2C[C@@H](O)C[C@@H]2C2CCCCC2)c1. The molecule has 2 fully saturated rings. The van der Waals surface area contributed by atoms with Crippen LogP contribution in [0, 0.1) is 5.92 Å². The number of likely N-dealkylation sites (tertiary alicyclic amines) is 1. The Morgan fingerprint density at radius 3 is 2.67 bits per heavy atom. The Bertz CT molecular complexity index is 610. The van der Waals surface area contributed by atoms with Gasteiger partial charge in [0.15, 0.2) is 5.78 Å². The second-order valence-corrected chi connectivity index (χ2v) is 7.07. The average molecular weight is 330 g/mol. The minimum absolute atomic E-state index is 0.0252. The molecular weight excluding hydrogens is 304 g/mol. The number of hydrogen-bond donors (Lipinski definition) is 2. The minimum atomic E-state index is -0.439. The Labute approximate surface area is 143 Å². The number of β-amino-alcohol motifs (C(OH)–C–C–N with tert-alkyl or cyclic N) is 1. The van der Waals surface area contributed by atoms with Gasteiger partial charge in [0.05, 0.1) is 6.10 Å². The smallest absolute Gasteiger partial charge is 0.322 e. The fourth-order valence-corrected chi connectivity index (χ4v) is 4.05. The normalized spacial score (nSPS) is 24.8. The van der Waals surface area contributed by atoms with Gasteiger partial charge in [0, 0.05) is 23.8 Å². The molecule has 5 heteroatoms. The van der Waals surface area contributed by atoms with Crippen molar-refractivity contribution in [2.75, 3.05) is 11.9 Å². The van der Waals surface area contributed by atoms with Crippen LogP contribution in [0.3, 0.4) is 0 Å². The first-order chi connectivity index (χ1) is 11.5. The lowest BCUT2D eigenvalue weighted by Crippen LogP contribution is -2.43. The Balaban J connectivity index is 1.70. The van der Waals surface area contributed by atoms with E-state index in [0.717, 1.165) is 12.8 Å². The topological polar surface area (TPSA) is 69.6 Å². The first-order valence-electron chi connectivity index (χ1n) is 8.91. The summed E-state index contributed by atoms with van der Waals surface area (Å²) in [6.45, 7) is 1.90. The van der Waals surface area contributed by atoms with Gasteiger partial charge >= 0.3 is 6.03 Å². The van der Waals surface area contributed by atoms with Gasteiger partial charge in [0.1, 0.15) is 0 Å². The van der Waals surface area contributed by atoms with Crippen LogP contribution in [-0.4, -0.2) is 40.5 Å². The summed E-state index contributed by atoms with van der Waals surface area (Å²) in [4.78, 5) is 26.0. The Morgan fingerprint density at radius 1 is 1.21 bits per heavy atom. The highest BCUT2D eigenvalue weighted by Gasteiger charge is 2.39. The highest BCUT2D eigenvalue weighted by molar-refractivity contribution is 5.96. The zero-order valence-corrected chi connectivity index (χ0v) is 14.2. The lowest BCUT2D eigenvalue weighted by Gasteiger charge is -2.33. The standard InChI is InChI=1S/C19H26N2O3/c1-13(22)15-8-5-9-16(10-15)20-19(24)21-12-17(23)11-18(21)14-6-3-2-4-7-14/h5,8-10,14,17-18,23H,2-4,6-7,11-12H2,1H3,(H,20,24)/t17-,18+/m0/s1. The number of amides is 2. The molecule has 2 amide bonds. The number of urea groups is 1. The number of aliphatic hydroxyl groups excluding tert-OH is 1. The van der Waals surface area contributed by atoms with Gasteiger partial charge in [-0.15, -0.1) is 0 Å². The summed E-state index contributed by atoms with van der Waals surface area (Å²) in [6.07, 6.45) is 6.22. The number of nitrogens with one attached hydrogen (secondary N) is 1. The highest BCUT2D eigenvalue weighted by atomic mass is 16.3. The van der Waals surface area contributed by atoms with Crippen LogP contribution in [0.4, 0.5) is 10.5 Å². The molecular formula is C19H26N2O3. The van der Waals surface area contributed by atoms with E-state index in [9.17, 15) is 14.7 Å². The molecule has 1 aliphatic carbocycles. The zero-order valence-electron chi connectivity index (χ0n) is 14.2. The van der Waals surface area contributed by atoms with Gasteiger partial charge in [-0.25, -0.2) is 4.79 Å². The third-order valence-corrected chi connectivity index (χ3v) is 5.30. The second-order valence-electron chi connectivity index (χ2n) is 7.07. The zero-order chi connectivity index (χ0) is 17.1. The predicted octanol–water partition coefficient (Wildman–Crippen LogP) is 3.44. The molecule has 0 spiro atoms. The van der Waals surface area contributed by atoms with E-state index in [0.29, 0.717) is 30.1 Å². The molecule has 0 radical (unpaired) electrons. The van der Waals surface area contributed by atoms with Crippen molar-refractivity contribution in [3.63, 3.8) is 0 Å². The number of anilines is 1. The van der Waals surface area contributed by atoms with E-state index in [1.807, 2.05) is 0 Å². The minimum Gasteiger partial charge on any atom is -0.391 e. The first-order valence-corrected chi connectivity index (χ1v) is 8.91. The molecule has 1 aliphatic heterocycles. The van der Waals surface area contributed by atoms with Crippen LogP contribution in [0.2, 0.25) is 0 Å². The third-order valence-electron chi connectivity index (χ3n) is 5.30. The predicted molar refractivity (Wildman–Crippen MR) is 93.2 cm³/mol. The van der Waals surface area contributed by atoms with E-state index in [1.54, 1.807) is 29.2 Å². The van der Waals surface area contributed by atoms with Crippen molar-refractivity contribution in [3.05, 3.63) is 29.8 Å². The van der Waals surface area contributed by atoms with Gasteiger partial charge in [0.25, 0.3) is 0 Å². The molecule has 2 aliphatic rings. The van der Waals surface area contributed by atoms with Crippen LogP contribution in [0.15, 0.2) is 24.3 Å². The molecule has 2 atom stereocenters. The van der Waals surface area contributed by atoms with Crippen molar-refractivity contribution < 1.29 is 14.7 Å². The van der Waals surface area contributed by atoms with E-state index in [1.165, 1.54) is 26.2 Å². The summed E-state index contributed by atoms with van der Waals surface area (Å²) < 4.78 is 0. The van der Waals surface area contributed by atoms with Crippen molar-refractivity contribution >= 4 is 17.5 Å². The molecule has 5 nitrogen and oxygen atoms in total. The van der Waals surface area contributed by atoms with Crippen molar-refractivity contribution in [3.8, 4) is 0 Å². The molecule has 24 heavy (non-hydrogen) atoms. The molecule has 0 unspecified atom stereocenters. The second kappa shape index (κ2) is 7.34. The van der Waals surface area contributed by atoms with Crippen LogP contribution >= 0.6 is 0 Å². The largest absolute Gasteiger partial charge is 0.391 e. The molecule has 2 N–H and O–H groups in total. The maximum atomic E-state index is 12.7.